The molecule has 0 spiro atoms. The van der Waals surface area contributed by atoms with E-state index in [1.165, 1.54) is 38.5 Å². The van der Waals surface area contributed by atoms with Crippen molar-refractivity contribution in [1.29, 1.82) is 0 Å². The summed E-state index contributed by atoms with van der Waals surface area (Å²) in [6.45, 7) is 2.38. The summed E-state index contributed by atoms with van der Waals surface area (Å²) >= 11 is 0. The maximum Gasteiger partial charge on any atom is 0.0819 e. The SMILES string of the molecule is CC1(C23CC4CC(CC(C4)C2)C3)C=CC=N1.c1ccncc1. The van der Waals surface area contributed by atoms with Crippen molar-refractivity contribution in [2.45, 2.75) is 51.0 Å². The third kappa shape index (κ3) is 2.33. The molecule has 0 radical (unpaired) electrons. The molecule has 6 rings (SSSR count). The molecule has 2 nitrogen and oxygen atoms in total. The smallest absolute Gasteiger partial charge is 0.0819 e. The first-order valence-electron chi connectivity index (χ1n) is 8.77. The van der Waals surface area contributed by atoms with E-state index in [1.807, 2.05) is 24.4 Å². The van der Waals surface area contributed by atoms with E-state index in [0.29, 0.717) is 5.41 Å². The fraction of sp³-hybridized carbons (Fsp3) is 0.600. The molecule has 0 N–H and O–H groups in total. The number of aromatic nitrogens is 1. The fourth-order valence-corrected chi connectivity index (χ4v) is 5.83. The number of hydrogen-bond acceptors (Lipinski definition) is 2. The second-order valence-corrected chi connectivity index (χ2v) is 8.01. The molecule has 2 heterocycles. The van der Waals surface area contributed by atoms with Crippen LogP contribution in [-0.4, -0.2) is 16.7 Å². The highest BCUT2D eigenvalue weighted by atomic mass is 14.9. The zero-order chi connectivity index (χ0) is 15.0. The molecule has 5 aliphatic rings. The minimum atomic E-state index is 0.142. The molecule has 116 valence electrons. The standard InChI is InChI=1S/C15H21N.C5H5N/c1-14(3-2-4-16-14)15-8-11-5-12(9-15)7-13(6-11)10-15;1-2-4-6-5-3-1/h2-4,11-13H,5-10H2,1H3;1-5H. The molecule has 1 atom stereocenters. The average Bonchev–Trinajstić information content (AvgIpc) is 2.97. The van der Waals surface area contributed by atoms with E-state index in [-0.39, 0.29) is 5.54 Å². The van der Waals surface area contributed by atoms with Crippen LogP contribution in [0.3, 0.4) is 0 Å². The first-order chi connectivity index (χ1) is 10.7. The lowest BCUT2D eigenvalue weighted by atomic mass is 9.45. The minimum absolute atomic E-state index is 0.142. The molecule has 4 aliphatic carbocycles. The molecule has 0 amide bonds. The number of aliphatic imine (C=N–C) groups is 1. The van der Waals surface area contributed by atoms with Crippen LogP contribution in [0.5, 0.6) is 0 Å². The Hall–Kier alpha value is -1.44. The quantitative estimate of drug-likeness (QED) is 0.738. The lowest BCUT2D eigenvalue weighted by molar-refractivity contribution is -0.0799. The van der Waals surface area contributed by atoms with Gasteiger partial charge >= 0.3 is 0 Å². The molecule has 1 aromatic heterocycles. The van der Waals surface area contributed by atoms with Crippen LogP contribution in [0.4, 0.5) is 0 Å². The van der Waals surface area contributed by atoms with Gasteiger partial charge in [-0.25, -0.2) is 0 Å². The number of pyridine rings is 1. The van der Waals surface area contributed by atoms with Crippen molar-refractivity contribution < 1.29 is 0 Å². The van der Waals surface area contributed by atoms with Crippen LogP contribution in [0, 0.1) is 23.2 Å². The van der Waals surface area contributed by atoms with E-state index < -0.39 is 0 Å². The molecular formula is C20H26N2. The summed E-state index contributed by atoms with van der Waals surface area (Å²) in [5.74, 6) is 3.10. The van der Waals surface area contributed by atoms with Crippen molar-refractivity contribution >= 4 is 6.21 Å². The molecular weight excluding hydrogens is 268 g/mol. The van der Waals surface area contributed by atoms with Gasteiger partial charge in [-0.1, -0.05) is 12.1 Å². The largest absolute Gasteiger partial charge is 0.282 e. The predicted octanol–water partition coefficient (Wildman–Crippen LogP) is 4.68. The Kier molecular flexibility index (Phi) is 3.43. The lowest BCUT2D eigenvalue weighted by Crippen LogP contribution is -2.55. The molecule has 0 aromatic carbocycles. The summed E-state index contributed by atoms with van der Waals surface area (Å²) in [6.07, 6.45) is 19.0. The second-order valence-electron chi connectivity index (χ2n) is 8.01. The molecule has 22 heavy (non-hydrogen) atoms. The maximum absolute atomic E-state index is 4.82. The lowest BCUT2D eigenvalue weighted by Gasteiger charge is -2.61. The number of hydrogen-bond donors (Lipinski definition) is 0. The third-order valence-corrected chi connectivity index (χ3v) is 6.53. The zero-order valence-corrected chi connectivity index (χ0v) is 13.5. The molecule has 1 aromatic rings. The Balaban J connectivity index is 0.000000177. The van der Waals surface area contributed by atoms with Crippen molar-refractivity contribution in [2.75, 3.05) is 0 Å². The van der Waals surface area contributed by atoms with Crippen LogP contribution in [0.25, 0.3) is 0 Å². The van der Waals surface area contributed by atoms with Gasteiger partial charge in [-0.2, -0.15) is 0 Å². The van der Waals surface area contributed by atoms with Gasteiger partial charge in [0.2, 0.25) is 0 Å². The van der Waals surface area contributed by atoms with Gasteiger partial charge in [0.1, 0.15) is 0 Å². The predicted molar refractivity (Wildman–Crippen MR) is 90.9 cm³/mol. The summed E-state index contributed by atoms with van der Waals surface area (Å²) in [7, 11) is 0. The molecule has 4 saturated carbocycles. The van der Waals surface area contributed by atoms with E-state index in [9.17, 15) is 0 Å². The Morgan fingerprint density at radius 3 is 1.82 bits per heavy atom. The van der Waals surface area contributed by atoms with Crippen LogP contribution in [0.15, 0.2) is 47.7 Å². The van der Waals surface area contributed by atoms with E-state index in [2.05, 4.69) is 24.1 Å². The summed E-state index contributed by atoms with van der Waals surface area (Å²) < 4.78 is 0. The molecule has 1 unspecified atom stereocenters. The topological polar surface area (TPSA) is 25.2 Å². The van der Waals surface area contributed by atoms with E-state index in [1.54, 1.807) is 12.4 Å². The average molecular weight is 294 g/mol. The fourth-order valence-electron chi connectivity index (χ4n) is 5.83. The van der Waals surface area contributed by atoms with Gasteiger partial charge < -0.3 is 0 Å². The Morgan fingerprint density at radius 1 is 0.864 bits per heavy atom. The zero-order valence-electron chi connectivity index (χ0n) is 13.5. The van der Waals surface area contributed by atoms with Gasteiger partial charge in [0.15, 0.2) is 0 Å². The van der Waals surface area contributed by atoms with Gasteiger partial charge in [-0.05, 0) is 86.8 Å². The number of rotatable bonds is 1. The summed E-state index contributed by atoms with van der Waals surface area (Å²) in [6, 6.07) is 5.72. The third-order valence-electron chi connectivity index (χ3n) is 6.53. The van der Waals surface area contributed by atoms with E-state index in [0.717, 1.165) is 17.8 Å². The van der Waals surface area contributed by atoms with Crippen molar-refractivity contribution in [2.24, 2.45) is 28.2 Å². The summed E-state index contributed by atoms with van der Waals surface area (Å²) in [5, 5.41) is 0. The molecule has 1 aliphatic heterocycles. The van der Waals surface area contributed by atoms with Crippen molar-refractivity contribution in [3.8, 4) is 0 Å². The second kappa shape index (κ2) is 5.33. The first-order valence-corrected chi connectivity index (χ1v) is 8.77. The highest BCUT2D eigenvalue weighted by Gasteiger charge is 2.58. The number of allylic oxidation sites excluding steroid dienone is 1. The molecule has 4 bridgehead atoms. The maximum atomic E-state index is 4.82. The van der Waals surface area contributed by atoms with Crippen molar-refractivity contribution in [3.05, 3.63) is 42.7 Å². The van der Waals surface area contributed by atoms with Gasteiger partial charge in [0.25, 0.3) is 0 Å². The molecule has 0 saturated heterocycles. The molecule has 2 heteroatoms. The Morgan fingerprint density at radius 2 is 1.45 bits per heavy atom. The van der Waals surface area contributed by atoms with Crippen LogP contribution in [-0.2, 0) is 0 Å². The normalized spacial score (nSPS) is 44.0. The van der Waals surface area contributed by atoms with Crippen molar-refractivity contribution in [3.63, 3.8) is 0 Å². The number of nitrogens with zero attached hydrogens (tertiary/aromatic N) is 2. The van der Waals surface area contributed by atoms with E-state index in [4.69, 9.17) is 4.99 Å². The molecule has 4 fully saturated rings. The van der Waals surface area contributed by atoms with Crippen LogP contribution < -0.4 is 0 Å². The van der Waals surface area contributed by atoms with Crippen molar-refractivity contribution in [1.82, 2.24) is 4.98 Å². The Bertz CT molecular complexity index is 499. The van der Waals surface area contributed by atoms with Gasteiger partial charge in [-0.3, -0.25) is 9.98 Å². The monoisotopic (exact) mass is 294 g/mol. The first kappa shape index (κ1) is 14.2. The van der Waals surface area contributed by atoms with E-state index >= 15 is 0 Å². The highest BCUT2D eigenvalue weighted by molar-refractivity contribution is 5.75. The van der Waals surface area contributed by atoms with Crippen LogP contribution in [0.1, 0.15) is 45.4 Å². The minimum Gasteiger partial charge on any atom is -0.282 e. The van der Waals surface area contributed by atoms with Gasteiger partial charge in [-0.15, -0.1) is 0 Å². The van der Waals surface area contributed by atoms with Crippen LogP contribution >= 0.6 is 0 Å². The van der Waals surface area contributed by atoms with Crippen LogP contribution in [0.2, 0.25) is 0 Å². The highest BCUT2D eigenvalue weighted by Crippen LogP contribution is 2.64. The van der Waals surface area contributed by atoms with Gasteiger partial charge in [0, 0.05) is 18.6 Å². The Labute approximate surface area is 133 Å². The van der Waals surface area contributed by atoms with Gasteiger partial charge in [0.05, 0.1) is 5.54 Å². The summed E-state index contributed by atoms with van der Waals surface area (Å²) in [4.78, 5) is 8.61. The summed E-state index contributed by atoms with van der Waals surface area (Å²) in [5.41, 5.74) is 0.675.